The minimum Gasteiger partial charge on any atom is -0.368 e. The van der Waals surface area contributed by atoms with Crippen molar-refractivity contribution >= 4 is 5.91 Å². The van der Waals surface area contributed by atoms with E-state index in [0.29, 0.717) is 0 Å². The lowest BCUT2D eigenvalue weighted by molar-refractivity contribution is -0.119. The maximum Gasteiger partial charge on any atom is 0.235 e. The van der Waals surface area contributed by atoms with Gasteiger partial charge in [-0.15, -0.1) is 0 Å². The van der Waals surface area contributed by atoms with Crippen LogP contribution >= 0.6 is 0 Å². The maximum atomic E-state index is 12.9. The number of nitrogens with two attached hydrogens (primary N) is 2. The molecule has 2 atom stereocenters. The molecule has 1 aromatic carbocycles. The fraction of sp³-hybridized carbons (Fsp3) is 0.364. The Morgan fingerprint density at radius 3 is 2.81 bits per heavy atom. The fourth-order valence-corrected chi connectivity index (χ4v) is 1.30. The number of carbonyl (C=O) groups excluding carboxylic acids is 1. The number of rotatable bonds is 5. The van der Waals surface area contributed by atoms with Gasteiger partial charge in [0.2, 0.25) is 5.91 Å². The molecule has 4 nitrogen and oxygen atoms in total. The summed E-state index contributed by atoms with van der Waals surface area (Å²) >= 11 is 0. The van der Waals surface area contributed by atoms with Crippen LogP contribution in [0.5, 0.6) is 0 Å². The lowest BCUT2D eigenvalue weighted by Gasteiger charge is -2.16. The highest BCUT2D eigenvalue weighted by atomic mass is 19.1. The summed E-state index contributed by atoms with van der Waals surface area (Å²) in [6.45, 7) is 2.13. The Morgan fingerprint density at radius 1 is 1.56 bits per heavy atom. The molecule has 0 aromatic heterocycles. The van der Waals surface area contributed by atoms with E-state index in [9.17, 15) is 9.18 Å². The Balaban J connectivity index is 2.52. The highest BCUT2D eigenvalue weighted by Crippen LogP contribution is 2.12. The quantitative estimate of drug-likeness (QED) is 0.673. The topological polar surface area (TPSA) is 81.1 Å². The van der Waals surface area contributed by atoms with E-state index in [1.807, 2.05) is 6.92 Å². The zero-order valence-corrected chi connectivity index (χ0v) is 9.11. The van der Waals surface area contributed by atoms with Crippen LogP contribution in [0.4, 0.5) is 4.39 Å². The molecular weight excluding hydrogens is 209 g/mol. The molecule has 1 rings (SSSR count). The van der Waals surface area contributed by atoms with Crippen molar-refractivity contribution in [2.75, 3.05) is 6.54 Å². The molecule has 5 N–H and O–H groups in total. The minimum atomic E-state index is -0.726. The first-order valence-electron chi connectivity index (χ1n) is 5.04. The van der Waals surface area contributed by atoms with Crippen molar-refractivity contribution in [3.63, 3.8) is 0 Å². The van der Waals surface area contributed by atoms with Crippen LogP contribution < -0.4 is 16.8 Å². The Bertz CT molecular complexity index is 370. The molecule has 1 amide bonds. The first-order valence-corrected chi connectivity index (χ1v) is 5.04. The summed E-state index contributed by atoms with van der Waals surface area (Å²) in [5, 5.41) is 3.01. The Labute approximate surface area is 93.8 Å². The molecule has 5 heteroatoms. The number of primary amides is 1. The SMILES string of the molecule is C[C@H](NCC(N)C(N)=O)c1cccc(F)c1. The van der Waals surface area contributed by atoms with Gasteiger partial charge >= 0.3 is 0 Å². The normalized spacial score (nSPS) is 14.4. The molecule has 0 spiro atoms. The second-order valence-corrected chi connectivity index (χ2v) is 3.69. The number of hydrogen-bond donors (Lipinski definition) is 3. The smallest absolute Gasteiger partial charge is 0.235 e. The second-order valence-electron chi connectivity index (χ2n) is 3.69. The zero-order valence-electron chi connectivity index (χ0n) is 9.11. The van der Waals surface area contributed by atoms with E-state index >= 15 is 0 Å². The van der Waals surface area contributed by atoms with Crippen molar-refractivity contribution < 1.29 is 9.18 Å². The fourth-order valence-electron chi connectivity index (χ4n) is 1.30. The highest BCUT2D eigenvalue weighted by molar-refractivity contribution is 5.79. The van der Waals surface area contributed by atoms with Crippen molar-refractivity contribution in [2.45, 2.75) is 19.0 Å². The summed E-state index contributed by atoms with van der Waals surface area (Å²) in [5.41, 5.74) is 11.3. The third kappa shape index (κ3) is 3.60. The van der Waals surface area contributed by atoms with Gasteiger partial charge in [0, 0.05) is 12.6 Å². The van der Waals surface area contributed by atoms with Gasteiger partial charge in [0.1, 0.15) is 5.82 Å². The van der Waals surface area contributed by atoms with Crippen LogP contribution in [0.1, 0.15) is 18.5 Å². The predicted molar refractivity (Wildman–Crippen MR) is 60.0 cm³/mol. The van der Waals surface area contributed by atoms with Crippen molar-refractivity contribution in [2.24, 2.45) is 11.5 Å². The molecule has 0 saturated carbocycles. The van der Waals surface area contributed by atoms with Gasteiger partial charge in [0.05, 0.1) is 6.04 Å². The van der Waals surface area contributed by atoms with Crippen LogP contribution in [-0.2, 0) is 4.79 Å². The lowest BCUT2D eigenvalue weighted by atomic mass is 10.1. The van der Waals surface area contributed by atoms with Gasteiger partial charge in [-0.2, -0.15) is 0 Å². The number of amides is 1. The van der Waals surface area contributed by atoms with Crippen molar-refractivity contribution in [3.8, 4) is 0 Å². The third-order valence-corrected chi connectivity index (χ3v) is 2.36. The average molecular weight is 225 g/mol. The van der Waals surface area contributed by atoms with E-state index in [2.05, 4.69) is 5.32 Å². The first kappa shape index (κ1) is 12.6. The number of nitrogens with one attached hydrogen (secondary N) is 1. The van der Waals surface area contributed by atoms with E-state index in [1.54, 1.807) is 12.1 Å². The van der Waals surface area contributed by atoms with E-state index in [1.165, 1.54) is 12.1 Å². The van der Waals surface area contributed by atoms with E-state index < -0.39 is 11.9 Å². The first-order chi connectivity index (χ1) is 7.50. The van der Waals surface area contributed by atoms with Gasteiger partial charge < -0.3 is 16.8 Å². The lowest BCUT2D eigenvalue weighted by Crippen LogP contribution is -2.44. The molecule has 0 radical (unpaired) electrons. The molecule has 0 fully saturated rings. The molecule has 1 aromatic rings. The molecule has 0 aliphatic carbocycles. The summed E-state index contributed by atoms with van der Waals surface area (Å²) < 4.78 is 12.9. The van der Waals surface area contributed by atoms with Crippen molar-refractivity contribution in [3.05, 3.63) is 35.6 Å². The van der Waals surface area contributed by atoms with Crippen molar-refractivity contribution in [1.29, 1.82) is 0 Å². The number of halogens is 1. The molecule has 16 heavy (non-hydrogen) atoms. The monoisotopic (exact) mass is 225 g/mol. The van der Waals surface area contributed by atoms with Gasteiger partial charge in [0.25, 0.3) is 0 Å². The summed E-state index contributed by atoms with van der Waals surface area (Å²) in [4.78, 5) is 10.7. The van der Waals surface area contributed by atoms with Crippen LogP contribution in [0.25, 0.3) is 0 Å². The number of hydrogen-bond acceptors (Lipinski definition) is 3. The molecular formula is C11H16FN3O. The summed E-state index contributed by atoms with van der Waals surface area (Å²) in [6, 6.07) is 5.45. The number of carbonyl (C=O) groups is 1. The Kier molecular flexibility index (Phi) is 4.39. The summed E-state index contributed by atoms with van der Waals surface area (Å²) in [6.07, 6.45) is 0. The largest absolute Gasteiger partial charge is 0.368 e. The van der Waals surface area contributed by atoms with E-state index in [4.69, 9.17) is 11.5 Å². The molecule has 0 aliphatic heterocycles. The van der Waals surface area contributed by atoms with Gasteiger partial charge in [-0.3, -0.25) is 4.79 Å². The van der Waals surface area contributed by atoms with Crippen LogP contribution in [0, 0.1) is 5.82 Å². The van der Waals surface area contributed by atoms with E-state index in [0.717, 1.165) is 5.56 Å². The maximum absolute atomic E-state index is 12.9. The second kappa shape index (κ2) is 5.58. The molecule has 1 unspecified atom stereocenters. The average Bonchev–Trinajstić information content (AvgIpc) is 2.25. The van der Waals surface area contributed by atoms with Gasteiger partial charge in [0.15, 0.2) is 0 Å². The molecule has 0 saturated heterocycles. The van der Waals surface area contributed by atoms with Gasteiger partial charge in [-0.05, 0) is 24.6 Å². The van der Waals surface area contributed by atoms with Gasteiger partial charge in [-0.1, -0.05) is 12.1 Å². The molecule has 0 aliphatic rings. The van der Waals surface area contributed by atoms with Crippen LogP contribution in [0.2, 0.25) is 0 Å². The predicted octanol–water partition coefficient (Wildman–Crippen LogP) is 0.289. The van der Waals surface area contributed by atoms with Crippen LogP contribution in [-0.4, -0.2) is 18.5 Å². The minimum absolute atomic E-state index is 0.0823. The number of benzene rings is 1. The summed E-state index contributed by atoms with van der Waals surface area (Å²) in [7, 11) is 0. The summed E-state index contributed by atoms with van der Waals surface area (Å²) in [5.74, 6) is -0.843. The zero-order chi connectivity index (χ0) is 12.1. The van der Waals surface area contributed by atoms with E-state index in [-0.39, 0.29) is 18.4 Å². The van der Waals surface area contributed by atoms with Crippen LogP contribution in [0.15, 0.2) is 24.3 Å². The molecule has 0 heterocycles. The van der Waals surface area contributed by atoms with Gasteiger partial charge in [-0.25, -0.2) is 4.39 Å². The van der Waals surface area contributed by atoms with Crippen LogP contribution in [0.3, 0.4) is 0 Å². The molecule has 88 valence electrons. The third-order valence-electron chi connectivity index (χ3n) is 2.36. The Hall–Kier alpha value is -1.46. The highest BCUT2D eigenvalue weighted by Gasteiger charge is 2.11. The van der Waals surface area contributed by atoms with Crippen molar-refractivity contribution in [1.82, 2.24) is 5.32 Å². The Morgan fingerprint density at radius 2 is 2.25 bits per heavy atom. The molecule has 0 bridgehead atoms. The standard InChI is InChI=1S/C11H16FN3O/c1-7(15-6-10(13)11(14)16)8-3-2-4-9(12)5-8/h2-5,7,10,15H,6,13H2,1H3,(H2,14,16)/t7-,10?/m0/s1.